The van der Waals surface area contributed by atoms with E-state index in [1.807, 2.05) is 43.1 Å². The minimum Gasteiger partial charge on any atom is -0.440 e. The fourth-order valence-electron chi connectivity index (χ4n) is 2.83. The van der Waals surface area contributed by atoms with Gasteiger partial charge >= 0.3 is 0 Å². The maximum atomic E-state index is 12.5. The lowest BCUT2D eigenvalue weighted by atomic mass is 10.2. The third-order valence-corrected chi connectivity index (χ3v) is 5.78. The Morgan fingerprint density at radius 3 is 2.92 bits per heavy atom. The highest BCUT2D eigenvalue weighted by atomic mass is 35.5. The molecule has 1 aliphatic heterocycles. The van der Waals surface area contributed by atoms with Gasteiger partial charge in [-0.3, -0.25) is 4.79 Å². The molecular formula is C18H22ClN3O2S. The van der Waals surface area contributed by atoms with Crippen LogP contribution < -0.4 is 5.32 Å². The Balaban J connectivity index is 1.54. The quantitative estimate of drug-likeness (QED) is 0.833. The largest absolute Gasteiger partial charge is 0.440 e. The van der Waals surface area contributed by atoms with Crippen molar-refractivity contribution in [2.24, 2.45) is 0 Å². The SMILES string of the molecule is CC(SCc1ncc(-c2ccc(Cl)cc2)o1)C(=O)N(C)C1CCNC1. The molecule has 0 radical (unpaired) electrons. The van der Waals surface area contributed by atoms with Crippen molar-refractivity contribution < 1.29 is 9.21 Å². The summed E-state index contributed by atoms with van der Waals surface area (Å²) in [6.07, 6.45) is 2.73. The molecule has 0 aliphatic carbocycles. The van der Waals surface area contributed by atoms with Crippen LogP contribution in [0, 0.1) is 0 Å². The van der Waals surface area contributed by atoms with Crippen LogP contribution >= 0.6 is 23.4 Å². The average molecular weight is 380 g/mol. The second kappa shape index (κ2) is 8.25. The second-order valence-corrected chi connectivity index (χ2v) is 7.94. The molecule has 1 aromatic heterocycles. The molecule has 2 unspecified atom stereocenters. The van der Waals surface area contributed by atoms with Gasteiger partial charge in [-0.25, -0.2) is 4.98 Å². The van der Waals surface area contributed by atoms with Crippen LogP contribution in [0.1, 0.15) is 19.2 Å². The van der Waals surface area contributed by atoms with E-state index in [1.165, 1.54) is 0 Å². The van der Waals surface area contributed by atoms with E-state index in [0.717, 1.165) is 25.1 Å². The number of hydrogen-bond donors (Lipinski definition) is 1. The number of oxazole rings is 1. The van der Waals surface area contributed by atoms with Gasteiger partial charge in [-0.15, -0.1) is 11.8 Å². The first-order valence-corrected chi connectivity index (χ1v) is 9.77. The topological polar surface area (TPSA) is 58.4 Å². The van der Waals surface area contributed by atoms with Crippen molar-refractivity contribution >= 4 is 29.3 Å². The van der Waals surface area contributed by atoms with E-state index in [0.29, 0.717) is 28.5 Å². The van der Waals surface area contributed by atoms with E-state index in [4.69, 9.17) is 16.0 Å². The number of benzene rings is 1. The maximum absolute atomic E-state index is 12.5. The van der Waals surface area contributed by atoms with E-state index >= 15 is 0 Å². The Morgan fingerprint density at radius 1 is 1.48 bits per heavy atom. The van der Waals surface area contributed by atoms with E-state index in [-0.39, 0.29) is 11.2 Å². The Bertz CT molecular complexity index is 713. The first-order chi connectivity index (χ1) is 12.0. The van der Waals surface area contributed by atoms with Crippen LogP contribution in [0.25, 0.3) is 11.3 Å². The zero-order valence-corrected chi connectivity index (χ0v) is 15.9. The molecular weight excluding hydrogens is 358 g/mol. The summed E-state index contributed by atoms with van der Waals surface area (Å²) < 4.78 is 5.79. The molecule has 1 saturated heterocycles. The molecule has 0 bridgehead atoms. The lowest BCUT2D eigenvalue weighted by molar-refractivity contribution is -0.130. The second-order valence-electron chi connectivity index (χ2n) is 6.17. The van der Waals surface area contributed by atoms with Crippen LogP contribution in [0.2, 0.25) is 5.02 Å². The van der Waals surface area contributed by atoms with E-state index in [1.54, 1.807) is 18.0 Å². The van der Waals surface area contributed by atoms with Gasteiger partial charge < -0.3 is 14.6 Å². The van der Waals surface area contributed by atoms with Crippen molar-refractivity contribution in [2.75, 3.05) is 20.1 Å². The van der Waals surface area contributed by atoms with Gasteiger partial charge in [0, 0.05) is 30.2 Å². The van der Waals surface area contributed by atoms with Gasteiger partial charge in [0.05, 0.1) is 17.2 Å². The summed E-state index contributed by atoms with van der Waals surface area (Å²) in [5.74, 6) is 2.06. The number of carbonyl (C=O) groups excluding carboxylic acids is 1. The molecule has 5 nitrogen and oxygen atoms in total. The van der Waals surface area contributed by atoms with E-state index < -0.39 is 0 Å². The molecule has 2 aromatic rings. The van der Waals surface area contributed by atoms with Crippen molar-refractivity contribution in [1.82, 2.24) is 15.2 Å². The number of rotatable bonds is 6. The van der Waals surface area contributed by atoms with E-state index in [9.17, 15) is 4.79 Å². The fourth-order valence-corrected chi connectivity index (χ4v) is 3.79. The third kappa shape index (κ3) is 4.57. The normalized spacial score (nSPS) is 18.3. The van der Waals surface area contributed by atoms with Gasteiger partial charge in [0.25, 0.3) is 0 Å². The first kappa shape index (κ1) is 18.3. The highest BCUT2D eigenvalue weighted by Gasteiger charge is 2.26. The van der Waals surface area contributed by atoms with E-state index in [2.05, 4.69) is 10.3 Å². The fraction of sp³-hybridized carbons (Fsp3) is 0.444. The van der Waals surface area contributed by atoms with Crippen LogP contribution in [0.4, 0.5) is 0 Å². The predicted molar refractivity (Wildman–Crippen MR) is 102 cm³/mol. The summed E-state index contributed by atoms with van der Waals surface area (Å²) in [7, 11) is 1.89. The van der Waals surface area contributed by atoms with Gasteiger partial charge in [0.15, 0.2) is 5.76 Å². The number of halogens is 1. The predicted octanol–water partition coefficient (Wildman–Crippen LogP) is 3.44. The Labute approximate surface area is 157 Å². The number of likely N-dealkylation sites (N-methyl/N-ethyl adjacent to an activating group) is 1. The lowest BCUT2D eigenvalue weighted by Crippen LogP contribution is -2.42. The zero-order chi connectivity index (χ0) is 17.8. The summed E-state index contributed by atoms with van der Waals surface area (Å²) in [4.78, 5) is 18.7. The molecule has 1 aliphatic rings. The number of amides is 1. The van der Waals surface area contributed by atoms with Crippen molar-refractivity contribution in [3.8, 4) is 11.3 Å². The summed E-state index contributed by atoms with van der Waals surface area (Å²) in [6.45, 7) is 3.80. The highest BCUT2D eigenvalue weighted by Crippen LogP contribution is 2.25. The standard InChI is InChI=1S/C18H22ClN3O2S/c1-12(18(23)22(2)15-7-8-20-9-15)25-11-17-21-10-16(24-17)13-3-5-14(19)6-4-13/h3-6,10,12,15,20H,7-9,11H2,1-2H3. The van der Waals surface area contributed by atoms with Crippen molar-refractivity contribution in [1.29, 1.82) is 0 Å². The molecule has 1 fully saturated rings. The van der Waals surface area contributed by atoms with Crippen molar-refractivity contribution in [3.05, 3.63) is 41.4 Å². The molecule has 1 aromatic carbocycles. The number of thioether (sulfide) groups is 1. The van der Waals surface area contributed by atoms with Crippen LogP contribution in [-0.4, -0.2) is 47.2 Å². The monoisotopic (exact) mass is 379 g/mol. The molecule has 1 amide bonds. The first-order valence-electron chi connectivity index (χ1n) is 8.34. The average Bonchev–Trinajstić information content (AvgIpc) is 3.31. The Morgan fingerprint density at radius 2 is 2.24 bits per heavy atom. The van der Waals surface area contributed by atoms with Gasteiger partial charge in [0.1, 0.15) is 0 Å². The molecule has 0 spiro atoms. The number of nitrogens with zero attached hydrogens (tertiary/aromatic N) is 2. The lowest BCUT2D eigenvalue weighted by Gasteiger charge is -2.26. The third-order valence-electron chi connectivity index (χ3n) is 4.42. The molecule has 2 atom stereocenters. The van der Waals surface area contributed by atoms with Gasteiger partial charge in [-0.2, -0.15) is 0 Å². The number of nitrogens with one attached hydrogen (secondary N) is 1. The number of hydrogen-bond acceptors (Lipinski definition) is 5. The summed E-state index contributed by atoms with van der Waals surface area (Å²) in [6, 6.07) is 7.74. The van der Waals surface area contributed by atoms with Gasteiger partial charge in [-0.05, 0) is 44.2 Å². The summed E-state index contributed by atoms with van der Waals surface area (Å²) in [5.41, 5.74) is 0.936. The Hall–Kier alpha value is -1.50. The van der Waals surface area contributed by atoms with Crippen LogP contribution in [0.3, 0.4) is 0 Å². The zero-order valence-electron chi connectivity index (χ0n) is 14.4. The number of carbonyl (C=O) groups is 1. The molecule has 25 heavy (non-hydrogen) atoms. The molecule has 1 N–H and O–H groups in total. The molecule has 0 saturated carbocycles. The summed E-state index contributed by atoms with van der Waals surface area (Å²) >= 11 is 7.45. The molecule has 3 rings (SSSR count). The van der Waals surface area contributed by atoms with Crippen LogP contribution in [0.5, 0.6) is 0 Å². The minimum atomic E-state index is -0.128. The smallest absolute Gasteiger partial charge is 0.235 e. The van der Waals surface area contributed by atoms with Crippen LogP contribution in [0.15, 0.2) is 34.9 Å². The highest BCUT2D eigenvalue weighted by molar-refractivity contribution is 7.99. The molecule has 2 heterocycles. The van der Waals surface area contributed by atoms with Crippen LogP contribution in [-0.2, 0) is 10.5 Å². The molecule has 7 heteroatoms. The number of aromatic nitrogens is 1. The molecule has 134 valence electrons. The van der Waals surface area contributed by atoms with Crippen molar-refractivity contribution in [3.63, 3.8) is 0 Å². The maximum Gasteiger partial charge on any atom is 0.235 e. The minimum absolute atomic E-state index is 0.128. The van der Waals surface area contributed by atoms with Crippen molar-refractivity contribution in [2.45, 2.75) is 30.4 Å². The van der Waals surface area contributed by atoms with Gasteiger partial charge in [0.2, 0.25) is 11.8 Å². The van der Waals surface area contributed by atoms with Gasteiger partial charge in [-0.1, -0.05) is 11.6 Å². The Kier molecular flexibility index (Phi) is 6.04. The summed E-state index contributed by atoms with van der Waals surface area (Å²) in [5, 5.41) is 3.85.